The smallest absolute Gasteiger partial charge is 0.227 e. The van der Waals surface area contributed by atoms with Gasteiger partial charge in [-0.1, -0.05) is 38.0 Å². The van der Waals surface area contributed by atoms with Gasteiger partial charge >= 0.3 is 0 Å². The Morgan fingerprint density at radius 1 is 1.24 bits per heavy atom. The largest absolute Gasteiger partial charge is 0.398 e. The first-order chi connectivity index (χ1) is 10.2. The molecule has 1 amide bonds. The van der Waals surface area contributed by atoms with E-state index in [1.807, 2.05) is 24.3 Å². The van der Waals surface area contributed by atoms with Gasteiger partial charge < -0.3 is 10.6 Å². The van der Waals surface area contributed by atoms with Crippen molar-refractivity contribution in [1.82, 2.24) is 4.90 Å². The maximum Gasteiger partial charge on any atom is 0.227 e. The van der Waals surface area contributed by atoms with Crippen LogP contribution in [0.15, 0.2) is 24.3 Å². The van der Waals surface area contributed by atoms with E-state index in [-0.39, 0.29) is 5.91 Å². The van der Waals surface area contributed by atoms with E-state index < -0.39 is 0 Å². The molecule has 1 aliphatic heterocycles. The molecule has 0 spiro atoms. The van der Waals surface area contributed by atoms with Gasteiger partial charge in [-0.3, -0.25) is 4.79 Å². The zero-order valence-corrected chi connectivity index (χ0v) is 12.9. The van der Waals surface area contributed by atoms with Gasteiger partial charge in [-0.05, 0) is 42.7 Å². The average Bonchev–Trinajstić information content (AvgIpc) is 2.50. The van der Waals surface area contributed by atoms with Crippen LogP contribution in [0.3, 0.4) is 0 Å². The number of anilines is 1. The summed E-state index contributed by atoms with van der Waals surface area (Å²) in [5.41, 5.74) is 7.68. The maximum atomic E-state index is 12.8. The fourth-order valence-electron chi connectivity index (χ4n) is 4.18. The van der Waals surface area contributed by atoms with Crippen LogP contribution in [0.2, 0.25) is 0 Å². The molecule has 2 N–H and O–H groups in total. The molecule has 3 atom stereocenters. The molecule has 1 heterocycles. The van der Waals surface area contributed by atoms with Gasteiger partial charge in [0.1, 0.15) is 0 Å². The topological polar surface area (TPSA) is 46.3 Å². The highest BCUT2D eigenvalue weighted by Gasteiger charge is 2.39. The lowest BCUT2D eigenvalue weighted by Gasteiger charge is -2.47. The lowest BCUT2D eigenvalue weighted by molar-refractivity contribution is -0.138. The fraction of sp³-hybridized carbons (Fsp3) is 0.611. The minimum atomic E-state index is 0.261. The third-order valence-corrected chi connectivity index (χ3v) is 5.46. The molecule has 114 valence electrons. The molecule has 1 saturated heterocycles. The molecule has 3 unspecified atom stereocenters. The summed E-state index contributed by atoms with van der Waals surface area (Å²) in [5, 5.41) is 0. The van der Waals surface area contributed by atoms with Crippen molar-refractivity contribution in [2.75, 3.05) is 12.3 Å². The summed E-state index contributed by atoms with van der Waals surface area (Å²) < 4.78 is 0. The summed E-state index contributed by atoms with van der Waals surface area (Å²) >= 11 is 0. The molecule has 3 nitrogen and oxygen atoms in total. The number of carbonyl (C=O) groups is 1. The van der Waals surface area contributed by atoms with Crippen molar-refractivity contribution in [3.63, 3.8) is 0 Å². The van der Waals surface area contributed by atoms with Crippen molar-refractivity contribution in [1.29, 1.82) is 0 Å². The van der Waals surface area contributed by atoms with Crippen molar-refractivity contribution >= 4 is 11.6 Å². The van der Waals surface area contributed by atoms with Gasteiger partial charge in [0.15, 0.2) is 0 Å². The number of hydrogen-bond donors (Lipinski definition) is 1. The summed E-state index contributed by atoms with van der Waals surface area (Å²) in [6, 6.07) is 8.20. The monoisotopic (exact) mass is 286 g/mol. The predicted molar refractivity (Wildman–Crippen MR) is 85.8 cm³/mol. The maximum absolute atomic E-state index is 12.8. The first kappa shape index (κ1) is 14.4. The zero-order chi connectivity index (χ0) is 14.8. The highest BCUT2D eigenvalue weighted by Crippen LogP contribution is 2.39. The molecule has 0 bridgehead atoms. The van der Waals surface area contributed by atoms with Crippen molar-refractivity contribution in [3.05, 3.63) is 29.8 Å². The van der Waals surface area contributed by atoms with Gasteiger partial charge in [-0.15, -0.1) is 0 Å². The number of likely N-dealkylation sites (tertiary alicyclic amines) is 1. The highest BCUT2D eigenvalue weighted by molar-refractivity contribution is 5.80. The molecule has 1 aliphatic carbocycles. The Balaban J connectivity index is 1.73. The van der Waals surface area contributed by atoms with Crippen LogP contribution in [0.5, 0.6) is 0 Å². The van der Waals surface area contributed by atoms with Gasteiger partial charge in [-0.25, -0.2) is 0 Å². The Kier molecular flexibility index (Phi) is 4.18. The molecule has 2 fully saturated rings. The van der Waals surface area contributed by atoms with Crippen LogP contribution in [0.4, 0.5) is 5.69 Å². The van der Waals surface area contributed by atoms with Gasteiger partial charge in [-0.2, -0.15) is 0 Å². The predicted octanol–water partition coefficient (Wildman–Crippen LogP) is 3.24. The Morgan fingerprint density at radius 2 is 2.00 bits per heavy atom. The molecule has 3 heteroatoms. The number of benzene rings is 1. The van der Waals surface area contributed by atoms with Gasteiger partial charge in [0, 0.05) is 18.3 Å². The first-order valence-electron chi connectivity index (χ1n) is 8.29. The number of piperidine rings is 1. The molecule has 1 aromatic carbocycles. The summed E-state index contributed by atoms with van der Waals surface area (Å²) in [7, 11) is 0. The van der Waals surface area contributed by atoms with Crippen LogP contribution in [0, 0.1) is 11.8 Å². The highest BCUT2D eigenvalue weighted by atomic mass is 16.2. The minimum absolute atomic E-state index is 0.261. The van der Waals surface area contributed by atoms with Crippen LogP contribution < -0.4 is 5.73 Å². The molecule has 21 heavy (non-hydrogen) atoms. The number of nitrogen functional groups attached to an aromatic ring is 1. The zero-order valence-electron chi connectivity index (χ0n) is 12.9. The van der Waals surface area contributed by atoms with Gasteiger partial charge in [0.05, 0.1) is 6.42 Å². The van der Waals surface area contributed by atoms with Crippen molar-refractivity contribution < 1.29 is 4.79 Å². The molecule has 2 aliphatic rings. The number of amides is 1. The van der Waals surface area contributed by atoms with Gasteiger partial charge in [0.2, 0.25) is 5.91 Å². The van der Waals surface area contributed by atoms with Crippen LogP contribution in [0.25, 0.3) is 0 Å². The lowest BCUT2D eigenvalue weighted by atomic mass is 9.72. The Hall–Kier alpha value is -1.51. The van der Waals surface area contributed by atoms with E-state index in [1.165, 1.54) is 25.7 Å². The van der Waals surface area contributed by atoms with Gasteiger partial charge in [0.25, 0.3) is 0 Å². The molecular formula is C18H26N2O. The van der Waals surface area contributed by atoms with Crippen LogP contribution in [-0.4, -0.2) is 23.4 Å². The normalized spacial score (nSPS) is 29.0. The molecule has 0 radical (unpaired) electrons. The van der Waals surface area contributed by atoms with Crippen molar-refractivity contribution in [3.8, 4) is 0 Å². The molecule has 1 aromatic rings. The Labute approximate surface area is 127 Å². The number of rotatable bonds is 2. The third kappa shape index (κ3) is 2.92. The molecule has 0 aromatic heterocycles. The van der Waals surface area contributed by atoms with E-state index in [4.69, 9.17) is 5.73 Å². The number of para-hydroxylation sites is 1. The summed E-state index contributed by atoms with van der Waals surface area (Å²) in [6.07, 6.45) is 6.68. The standard InChI is InChI=1S/C18H26N2O/c1-13-10-11-20(17-9-5-3-7-15(13)17)18(21)12-14-6-2-4-8-16(14)19/h2,4,6,8,13,15,17H,3,5,7,9-12,19H2,1H3. The third-order valence-electron chi connectivity index (χ3n) is 5.46. The van der Waals surface area contributed by atoms with E-state index in [0.29, 0.717) is 18.4 Å². The van der Waals surface area contributed by atoms with E-state index in [1.54, 1.807) is 0 Å². The second-order valence-corrected chi connectivity index (χ2v) is 6.74. The first-order valence-corrected chi connectivity index (χ1v) is 8.29. The number of hydrogen-bond acceptors (Lipinski definition) is 2. The van der Waals surface area contributed by atoms with E-state index >= 15 is 0 Å². The minimum Gasteiger partial charge on any atom is -0.398 e. The molecule has 1 saturated carbocycles. The van der Waals surface area contributed by atoms with E-state index in [9.17, 15) is 4.79 Å². The van der Waals surface area contributed by atoms with Crippen molar-refractivity contribution in [2.24, 2.45) is 11.8 Å². The van der Waals surface area contributed by atoms with Crippen LogP contribution in [-0.2, 0) is 11.2 Å². The van der Waals surface area contributed by atoms with Crippen molar-refractivity contribution in [2.45, 2.75) is 51.5 Å². The summed E-state index contributed by atoms with van der Waals surface area (Å²) in [4.78, 5) is 14.9. The lowest BCUT2D eigenvalue weighted by Crippen LogP contribution is -2.52. The SMILES string of the molecule is CC1CCN(C(=O)Cc2ccccc2N)C2CCCCC12. The van der Waals surface area contributed by atoms with E-state index in [0.717, 1.165) is 30.1 Å². The summed E-state index contributed by atoms with van der Waals surface area (Å²) in [6.45, 7) is 3.29. The number of carbonyl (C=O) groups excluding carboxylic acids is 1. The quantitative estimate of drug-likeness (QED) is 0.848. The Morgan fingerprint density at radius 3 is 2.81 bits per heavy atom. The van der Waals surface area contributed by atoms with Crippen LogP contribution >= 0.6 is 0 Å². The molecule has 3 rings (SSSR count). The Bertz CT molecular complexity index is 514. The fourth-order valence-corrected chi connectivity index (χ4v) is 4.18. The van der Waals surface area contributed by atoms with Crippen LogP contribution in [0.1, 0.15) is 44.6 Å². The second kappa shape index (κ2) is 6.08. The average molecular weight is 286 g/mol. The number of nitrogens with two attached hydrogens (primary N) is 1. The summed E-state index contributed by atoms with van der Waals surface area (Å²) in [5.74, 6) is 1.74. The van der Waals surface area contributed by atoms with E-state index in [2.05, 4.69) is 11.8 Å². The number of nitrogens with zero attached hydrogens (tertiary/aromatic N) is 1. The second-order valence-electron chi connectivity index (χ2n) is 6.74. The number of fused-ring (bicyclic) bond motifs is 1. The molecular weight excluding hydrogens is 260 g/mol.